The van der Waals surface area contributed by atoms with Crippen LogP contribution in [0.5, 0.6) is 0 Å². The minimum atomic E-state index is 0. The first-order valence-corrected chi connectivity index (χ1v) is 9.93. The second-order valence-corrected chi connectivity index (χ2v) is 8.50. The first-order chi connectivity index (χ1) is 10.5. The Morgan fingerprint density at radius 3 is 1.71 bits per heavy atom. The summed E-state index contributed by atoms with van der Waals surface area (Å²) in [4.78, 5) is 0. The topological polar surface area (TPSA) is 0 Å². The zero-order valence-electron chi connectivity index (χ0n) is 16.0. The quantitative estimate of drug-likeness (QED) is 0.542. The fourth-order valence-electron chi connectivity index (χ4n) is 3.56. The van der Waals surface area contributed by atoms with Crippen molar-refractivity contribution in [3.63, 3.8) is 0 Å². The van der Waals surface area contributed by atoms with Crippen LogP contribution in [0.2, 0.25) is 0 Å². The third-order valence-electron chi connectivity index (χ3n) is 4.24. The van der Waals surface area contributed by atoms with Crippen LogP contribution < -0.4 is 24.8 Å². The van der Waals surface area contributed by atoms with E-state index in [9.17, 15) is 0 Å². The summed E-state index contributed by atoms with van der Waals surface area (Å²) in [6.07, 6.45) is 13.8. The Morgan fingerprint density at radius 1 is 0.917 bits per heavy atom. The van der Waals surface area contributed by atoms with Crippen LogP contribution in [0, 0.1) is 0 Å². The van der Waals surface area contributed by atoms with E-state index < -0.39 is 0 Å². The van der Waals surface area contributed by atoms with Gasteiger partial charge in [-0.15, -0.1) is 0 Å². The van der Waals surface area contributed by atoms with Crippen molar-refractivity contribution in [2.24, 2.45) is 0 Å². The van der Waals surface area contributed by atoms with Gasteiger partial charge in [0.1, 0.15) is 0 Å². The van der Waals surface area contributed by atoms with Gasteiger partial charge in [-0.3, -0.25) is 0 Å². The molecule has 0 unspecified atom stereocenters. The van der Waals surface area contributed by atoms with E-state index in [0.29, 0.717) is 5.92 Å². The number of hydrogen-bond acceptors (Lipinski definition) is 0. The molecule has 0 saturated heterocycles. The summed E-state index contributed by atoms with van der Waals surface area (Å²) in [5.41, 5.74) is 8.17. The summed E-state index contributed by atoms with van der Waals surface area (Å²) >= 11 is 1.55. The maximum Gasteiger partial charge on any atom is -1.00 e. The largest absolute Gasteiger partial charge is 1.00 e. The molecule has 24 heavy (non-hydrogen) atoms. The second-order valence-electron chi connectivity index (χ2n) is 6.04. The van der Waals surface area contributed by atoms with Crippen molar-refractivity contribution >= 4 is 3.21 Å². The van der Waals surface area contributed by atoms with Crippen molar-refractivity contribution in [1.82, 2.24) is 0 Å². The summed E-state index contributed by atoms with van der Waals surface area (Å²) in [6, 6.07) is 0. The molecule has 0 saturated carbocycles. The van der Waals surface area contributed by atoms with Gasteiger partial charge < -0.3 is 24.8 Å². The fourth-order valence-corrected chi connectivity index (χ4v) is 3.56. The molecule has 0 radical (unpaired) electrons. The number of halogens is 2. The van der Waals surface area contributed by atoms with E-state index in [-0.39, 0.29) is 24.8 Å². The molecule has 3 heteroatoms. The molecule has 0 heterocycles. The van der Waals surface area contributed by atoms with E-state index in [2.05, 4.69) is 65.8 Å². The van der Waals surface area contributed by atoms with Gasteiger partial charge in [-0.2, -0.15) is 27.8 Å². The van der Waals surface area contributed by atoms with Gasteiger partial charge in [0.2, 0.25) is 0 Å². The van der Waals surface area contributed by atoms with Crippen molar-refractivity contribution in [1.29, 1.82) is 0 Å². The second kappa shape index (κ2) is 13.4. The molecule has 134 valence electrons. The van der Waals surface area contributed by atoms with Gasteiger partial charge in [0.25, 0.3) is 0 Å². The van der Waals surface area contributed by atoms with Crippen LogP contribution >= 0.6 is 0 Å². The zero-order chi connectivity index (χ0) is 16.7. The molecular weight excluding hydrogens is 414 g/mol. The van der Waals surface area contributed by atoms with Crippen molar-refractivity contribution in [2.45, 2.75) is 73.1 Å². The minimum Gasteiger partial charge on any atom is -1.00 e. The fraction of sp³-hybridized carbons (Fsp3) is 0.524. The molecule has 0 nitrogen and oxygen atoms in total. The molecule has 0 bridgehead atoms. The Morgan fingerprint density at radius 2 is 1.38 bits per heavy atom. The van der Waals surface area contributed by atoms with Gasteiger partial charge in [0, 0.05) is 0 Å². The average molecular weight is 446 g/mol. The van der Waals surface area contributed by atoms with Crippen molar-refractivity contribution in [3.05, 3.63) is 52.1 Å². The van der Waals surface area contributed by atoms with E-state index >= 15 is 0 Å². The van der Waals surface area contributed by atoms with Gasteiger partial charge in [-0.25, -0.2) is 0 Å². The number of allylic oxidation sites excluding steroid dienone is 4. The third kappa shape index (κ3) is 6.47. The molecule has 0 atom stereocenters. The molecule has 0 amide bonds. The van der Waals surface area contributed by atoms with Crippen LogP contribution in [0.4, 0.5) is 0 Å². The van der Waals surface area contributed by atoms with Gasteiger partial charge in [-0.1, -0.05) is 77.7 Å². The molecule has 0 spiro atoms. The van der Waals surface area contributed by atoms with Crippen molar-refractivity contribution in [2.75, 3.05) is 0 Å². The average Bonchev–Trinajstić information content (AvgIpc) is 3.10. The molecule has 1 aliphatic rings. The first kappa shape index (κ1) is 26.4. The van der Waals surface area contributed by atoms with Gasteiger partial charge in [0.15, 0.2) is 0 Å². The van der Waals surface area contributed by atoms with Crippen LogP contribution in [0.3, 0.4) is 0 Å². The molecule has 1 aromatic rings. The normalized spacial score (nSPS) is 12.3. The maximum atomic E-state index is 2.34. The Hall–Kier alpha value is 0.163. The molecule has 0 aliphatic heterocycles. The van der Waals surface area contributed by atoms with Crippen LogP contribution in [0.1, 0.15) is 75.3 Å². The maximum absolute atomic E-state index is 2.34. The third-order valence-corrected chi connectivity index (χ3v) is 4.24. The smallest absolute Gasteiger partial charge is 1.00 e. The van der Waals surface area contributed by atoms with E-state index in [1.807, 2.05) is 0 Å². The predicted molar refractivity (Wildman–Crippen MR) is 96.9 cm³/mol. The zero-order valence-corrected chi connectivity index (χ0v) is 19.9. The van der Waals surface area contributed by atoms with Crippen LogP contribution in [-0.4, -0.2) is 3.21 Å². The molecule has 1 aromatic carbocycles. The van der Waals surface area contributed by atoms with Crippen LogP contribution in [0.15, 0.2) is 24.3 Å². The molecule has 0 N–H and O–H groups in total. The Kier molecular flexibility index (Phi) is 14.7. The van der Waals surface area contributed by atoms with Crippen LogP contribution in [0.25, 0.3) is 0 Å². The Balaban J connectivity index is 0. The summed E-state index contributed by atoms with van der Waals surface area (Å²) in [5, 5.41) is 0. The first-order valence-electron chi connectivity index (χ1n) is 8.70. The SMILES string of the molecule is CCc1c(CC)c(C2C=CC=C2)[c-](CC)c1CC.C[C](C)=[Zr+2].[Cl-].[Cl-]. The molecular formula is C21H31Cl2Zr-. The monoisotopic (exact) mass is 443 g/mol. The molecule has 2 rings (SSSR count). The van der Waals surface area contributed by atoms with Gasteiger partial charge >= 0.3 is 41.3 Å². The predicted octanol–water partition coefficient (Wildman–Crippen LogP) is -0.382. The summed E-state index contributed by atoms with van der Waals surface area (Å²) < 4.78 is 1.51. The molecule has 0 fully saturated rings. The minimum absolute atomic E-state index is 0. The van der Waals surface area contributed by atoms with Crippen molar-refractivity contribution < 1.29 is 49.0 Å². The molecule has 1 aliphatic carbocycles. The molecule has 0 aromatic heterocycles. The van der Waals surface area contributed by atoms with Gasteiger partial charge in [-0.05, 0) is 5.92 Å². The Bertz CT molecular complexity index is 519. The van der Waals surface area contributed by atoms with Gasteiger partial charge in [0.05, 0.1) is 0 Å². The van der Waals surface area contributed by atoms with E-state index in [4.69, 9.17) is 0 Å². The Labute approximate surface area is 176 Å². The van der Waals surface area contributed by atoms with E-state index in [1.54, 1.807) is 52.1 Å². The van der Waals surface area contributed by atoms with E-state index in [0.717, 1.165) is 0 Å². The van der Waals surface area contributed by atoms with Crippen molar-refractivity contribution in [3.8, 4) is 0 Å². The standard InChI is InChI=1S/C18H25.C3H6.2ClH.Zr/c1-5-14-15(6-2)17(8-4)18(16(14)7-3)13-11-9-10-12-13;1-3-2;;;/h9-13H,5-8H2,1-4H3;1-2H3;2*1H;/q-1;;;;+2/p-2. The van der Waals surface area contributed by atoms with Crippen LogP contribution in [-0.2, 0) is 49.9 Å². The summed E-state index contributed by atoms with van der Waals surface area (Å²) in [5.74, 6) is 0.528. The van der Waals surface area contributed by atoms with E-state index in [1.165, 1.54) is 28.9 Å². The summed E-state index contributed by atoms with van der Waals surface area (Å²) in [6.45, 7) is 13.5. The number of hydrogen-bond donors (Lipinski definition) is 0. The number of rotatable bonds is 5. The summed E-state index contributed by atoms with van der Waals surface area (Å²) in [7, 11) is 0.